The molecule has 100 valence electrons. The van der Waals surface area contributed by atoms with E-state index in [1.807, 2.05) is 48.5 Å². The molecule has 0 aliphatic carbocycles. The number of hydrogen-bond donors (Lipinski definition) is 2. The summed E-state index contributed by atoms with van der Waals surface area (Å²) in [6, 6.07) is 26.9. The summed E-state index contributed by atoms with van der Waals surface area (Å²) in [6.45, 7) is 0. The van der Waals surface area contributed by atoms with E-state index in [1.54, 1.807) is 24.3 Å². The van der Waals surface area contributed by atoms with E-state index in [-0.39, 0.29) is 0 Å². The second-order valence-corrected chi connectivity index (χ2v) is 4.32. The lowest BCUT2D eigenvalue weighted by Crippen LogP contribution is -1.83. The van der Waals surface area contributed by atoms with Crippen LogP contribution in [0.4, 0.5) is 5.69 Å². The third-order valence-electron chi connectivity index (χ3n) is 2.77. The Morgan fingerprint density at radius 2 is 1.00 bits per heavy atom. The van der Waals surface area contributed by atoms with Gasteiger partial charge in [-0.3, -0.25) is 0 Å². The largest absolute Gasteiger partial charge is 0.508 e. The SMILES string of the molecule is Nc1ccc(-c2ccccc2)cc1.Oc1ccccc1. The van der Waals surface area contributed by atoms with Gasteiger partial charge in [0, 0.05) is 5.69 Å². The van der Waals surface area contributed by atoms with Crippen LogP contribution in [0.5, 0.6) is 5.75 Å². The molecule has 3 N–H and O–H groups in total. The van der Waals surface area contributed by atoms with Gasteiger partial charge >= 0.3 is 0 Å². The summed E-state index contributed by atoms with van der Waals surface area (Å²) in [4.78, 5) is 0. The van der Waals surface area contributed by atoms with Gasteiger partial charge in [-0.15, -0.1) is 0 Å². The van der Waals surface area contributed by atoms with Crippen LogP contribution in [0.25, 0.3) is 11.1 Å². The Labute approximate surface area is 119 Å². The van der Waals surface area contributed by atoms with Crippen LogP contribution in [0.2, 0.25) is 0 Å². The number of nitrogens with two attached hydrogens (primary N) is 1. The molecule has 2 nitrogen and oxygen atoms in total. The van der Waals surface area contributed by atoms with Gasteiger partial charge in [-0.25, -0.2) is 0 Å². The van der Waals surface area contributed by atoms with Crippen LogP contribution in [-0.4, -0.2) is 5.11 Å². The van der Waals surface area contributed by atoms with Gasteiger partial charge in [0.25, 0.3) is 0 Å². The third-order valence-corrected chi connectivity index (χ3v) is 2.77. The Balaban J connectivity index is 0.000000178. The van der Waals surface area contributed by atoms with Crippen molar-refractivity contribution >= 4 is 5.69 Å². The van der Waals surface area contributed by atoms with Gasteiger partial charge < -0.3 is 10.8 Å². The van der Waals surface area contributed by atoms with Gasteiger partial charge in [-0.1, -0.05) is 60.7 Å². The first-order valence-corrected chi connectivity index (χ1v) is 6.41. The molecular formula is C18H17NO. The molecular weight excluding hydrogens is 246 g/mol. The monoisotopic (exact) mass is 263 g/mol. The minimum atomic E-state index is 0.322. The van der Waals surface area contributed by atoms with Gasteiger partial charge in [-0.05, 0) is 35.4 Å². The first kappa shape index (κ1) is 13.7. The van der Waals surface area contributed by atoms with Gasteiger partial charge in [0.15, 0.2) is 0 Å². The Bertz CT molecular complexity index is 619. The molecule has 3 rings (SSSR count). The number of benzene rings is 3. The minimum Gasteiger partial charge on any atom is -0.508 e. The zero-order valence-corrected chi connectivity index (χ0v) is 11.1. The first-order chi connectivity index (χ1) is 9.75. The lowest BCUT2D eigenvalue weighted by molar-refractivity contribution is 0.475. The second-order valence-electron chi connectivity index (χ2n) is 4.32. The molecule has 0 aromatic heterocycles. The lowest BCUT2D eigenvalue weighted by atomic mass is 10.1. The molecule has 3 aromatic carbocycles. The van der Waals surface area contributed by atoms with Crippen LogP contribution in [0, 0.1) is 0 Å². The van der Waals surface area contributed by atoms with Crippen molar-refractivity contribution in [3.05, 3.63) is 84.9 Å². The molecule has 0 aliphatic rings. The highest BCUT2D eigenvalue weighted by molar-refractivity contribution is 5.65. The van der Waals surface area contributed by atoms with E-state index in [1.165, 1.54) is 11.1 Å². The third kappa shape index (κ3) is 4.18. The standard InChI is InChI=1S/C12H11N.C6H6O/c13-12-8-6-11(7-9-12)10-4-2-1-3-5-10;7-6-4-2-1-3-5-6/h1-9H,13H2;1-5,7H. The van der Waals surface area contributed by atoms with Crippen LogP contribution in [0.3, 0.4) is 0 Å². The number of aromatic hydroxyl groups is 1. The first-order valence-electron chi connectivity index (χ1n) is 6.41. The number of phenols is 1. The predicted molar refractivity (Wildman–Crippen MR) is 84.4 cm³/mol. The Morgan fingerprint density at radius 1 is 0.550 bits per heavy atom. The van der Waals surface area contributed by atoms with Crippen molar-refractivity contribution in [2.75, 3.05) is 5.73 Å². The van der Waals surface area contributed by atoms with Crippen molar-refractivity contribution in [1.82, 2.24) is 0 Å². The maximum absolute atomic E-state index is 8.63. The number of hydrogen-bond acceptors (Lipinski definition) is 2. The highest BCUT2D eigenvalue weighted by Crippen LogP contribution is 2.19. The van der Waals surface area contributed by atoms with Crippen LogP contribution in [0.1, 0.15) is 0 Å². The van der Waals surface area contributed by atoms with Crippen LogP contribution >= 0.6 is 0 Å². The zero-order chi connectivity index (χ0) is 14.2. The fourth-order valence-electron chi connectivity index (χ4n) is 1.73. The molecule has 0 fully saturated rings. The zero-order valence-electron chi connectivity index (χ0n) is 11.1. The normalized spacial score (nSPS) is 9.40. The summed E-state index contributed by atoms with van der Waals surface area (Å²) in [6.07, 6.45) is 0. The van der Waals surface area contributed by atoms with Crippen molar-refractivity contribution in [2.24, 2.45) is 0 Å². The van der Waals surface area contributed by atoms with Gasteiger partial charge in [0.1, 0.15) is 5.75 Å². The quantitative estimate of drug-likeness (QED) is 0.642. The van der Waals surface area contributed by atoms with Gasteiger partial charge in [0.2, 0.25) is 0 Å². The van der Waals surface area contributed by atoms with Crippen molar-refractivity contribution < 1.29 is 5.11 Å². The summed E-state index contributed by atoms with van der Waals surface area (Å²) >= 11 is 0. The second kappa shape index (κ2) is 7.00. The van der Waals surface area contributed by atoms with E-state index < -0.39 is 0 Å². The molecule has 0 spiro atoms. The Kier molecular flexibility index (Phi) is 4.79. The Hall–Kier alpha value is -2.74. The van der Waals surface area contributed by atoms with Crippen LogP contribution in [0.15, 0.2) is 84.9 Å². The number of para-hydroxylation sites is 1. The fraction of sp³-hybridized carbons (Fsp3) is 0. The Morgan fingerprint density at radius 3 is 1.45 bits per heavy atom. The topological polar surface area (TPSA) is 46.2 Å². The van der Waals surface area contributed by atoms with E-state index in [2.05, 4.69) is 12.1 Å². The molecule has 0 aliphatic heterocycles. The average molecular weight is 263 g/mol. The highest BCUT2D eigenvalue weighted by atomic mass is 16.3. The fourth-order valence-corrected chi connectivity index (χ4v) is 1.73. The summed E-state index contributed by atoms with van der Waals surface area (Å²) < 4.78 is 0. The average Bonchev–Trinajstić information content (AvgIpc) is 2.50. The van der Waals surface area contributed by atoms with Crippen molar-refractivity contribution in [2.45, 2.75) is 0 Å². The predicted octanol–water partition coefficient (Wildman–Crippen LogP) is 4.33. The maximum Gasteiger partial charge on any atom is 0.115 e. The number of phenolic OH excluding ortho intramolecular Hbond substituents is 1. The van der Waals surface area contributed by atoms with Crippen LogP contribution in [-0.2, 0) is 0 Å². The molecule has 0 radical (unpaired) electrons. The molecule has 3 aromatic rings. The van der Waals surface area contributed by atoms with E-state index in [0.29, 0.717) is 5.75 Å². The van der Waals surface area contributed by atoms with Gasteiger partial charge in [0.05, 0.1) is 0 Å². The molecule has 0 amide bonds. The summed E-state index contributed by atoms with van der Waals surface area (Å²) in [5.41, 5.74) is 8.84. The maximum atomic E-state index is 8.63. The van der Waals surface area contributed by atoms with Crippen molar-refractivity contribution in [3.8, 4) is 16.9 Å². The summed E-state index contributed by atoms with van der Waals surface area (Å²) in [7, 11) is 0. The summed E-state index contributed by atoms with van der Waals surface area (Å²) in [5, 5.41) is 8.63. The molecule has 0 atom stereocenters. The van der Waals surface area contributed by atoms with E-state index in [0.717, 1.165) is 5.69 Å². The highest BCUT2D eigenvalue weighted by Gasteiger charge is 1.94. The number of nitrogen functional groups attached to an aromatic ring is 1. The van der Waals surface area contributed by atoms with Gasteiger partial charge in [-0.2, -0.15) is 0 Å². The summed E-state index contributed by atoms with van der Waals surface area (Å²) in [5.74, 6) is 0.322. The molecule has 0 saturated carbocycles. The van der Waals surface area contributed by atoms with E-state index in [9.17, 15) is 0 Å². The molecule has 0 saturated heterocycles. The molecule has 0 heterocycles. The molecule has 0 unspecified atom stereocenters. The minimum absolute atomic E-state index is 0.322. The van der Waals surface area contributed by atoms with Crippen molar-refractivity contribution in [1.29, 1.82) is 0 Å². The van der Waals surface area contributed by atoms with E-state index >= 15 is 0 Å². The van der Waals surface area contributed by atoms with E-state index in [4.69, 9.17) is 10.8 Å². The molecule has 0 bridgehead atoms. The number of rotatable bonds is 1. The lowest BCUT2D eigenvalue weighted by Gasteiger charge is -2.00. The molecule has 20 heavy (non-hydrogen) atoms. The number of anilines is 1. The molecule has 2 heteroatoms. The van der Waals surface area contributed by atoms with Crippen LogP contribution < -0.4 is 5.73 Å². The smallest absolute Gasteiger partial charge is 0.115 e. The van der Waals surface area contributed by atoms with Crippen molar-refractivity contribution in [3.63, 3.8) is 0 Å².